The van der Waals surface area contributed by atoms with Crippen molar-refractivity contribution < 1.29 is 4.74 Å². The van der Waals surface area contributed by atoms with Crippen LogP contribution in [0.4, 0.5) is 0 Å². The monoisotopic (exact) mass is 360 g/mol. The van der Waals surface area contributed by atoms with Crippen LogP contribution in [0.5, 0.6) is 0 Å². The Morgan fingerprint density at radius 2 is 1.78 bits per heavy atom. The molecule has 1 aromatic heterocycles. The Balaban J connectivity index is 1.99. The van der Waals surface area contributed by atoms with E-state index in [1.54, 1.807) is 7.11 Å². The first kappa shape index (κ1) is 18.2. The predicted molar refractivity (Wildman–Crippen MR) is 108 cm³/mol. The van der Waals surface area contributed by atoms with E-state index in [0.717, 1.165) is 48.1 Å². The van der Waals surface area contributed by atoms with Gasteiger partial charge in [0.1, 0.15) is 6.07 Å². The van der Waals surface area contributed by atoms with Gasteiger partial charge >= 0.3 is 0 Å². The average Bonchev–Trinajstić information content (AvgIpc) is 2.74. The minimum absolute atomic E-state index is 0.117. The lowest BCUT2D eigenvalue weighted by Crippen LogP contribution is -2.36. The third-order valence-corrected chi connectivity index (χ3v) is 6.38. The molecule has 0 unspecified atom stereocenters. The van der Waals surface area contributed by atoms with Crippen LogP contribution in [-0.4, -0.2) is 18.7 Å². The van der Waals surface area contributed by atoms with Crippen molar-refractivity contribution in [2.45, 2.75) is 63.2 Å². The summed E-state index contributed by atoms with van der Waals surface area (Å²) in [5.41, 5.74) is 6.49. The zero-order valence-corrected chi connectivity index (χ0v) is 16.3. The van der Waals surface area contributed by atoms with E-state index in [4.69, 9.17) is 9.72 Å². The van der Waals surface area contributed by atoms with Gasteiger partial charge in [-0.15, -0.1) is 0 Å². The van der Waals surface area contributed by atoms with E-state index in [9.17, 15) is 5.26 Å². The van der Waals surface area contributed by atoms with E-state index < -0.39 is 0 Å². The highest BCUT2D eigenvalue weighted by atomic mass is 16.5. The lowest BCUT2D eigenvalue weighted by molar-refractivity contribution is 0.100. The van der Waals surface area contributed by atoms with Crippen LogP contribution in [0.2, 0.25) is 0 Å². The fraction of sp³-hybridized carbons (Fsp3) is 0.500. The number of pyridine rings is 1. The number of hydrogen-bond acceptors (Lipinski definition) is 3. The molecule has 0 bridgehead atoms. The van der Waals surface area contributed by atoms with Gasteiger partial charge in [0.05, 0.1) is 17.9 Å². The molecule has 0 amide bonds. The van der Waals surface area contributed by atoms with Crippen LogP contribution in [0.1, 0.15) is 67.5 Å². The fourth-order valence-electron chi connectivity index (χ4n) is 5.11. The Morgan fingerprint density at radius 1 is 1.04 bits per heavy atom. The van der Waals surface area contributed by atoms with Gasteiger partial charge in [-0.05, 0) is 49.7 Å². The summed E-state index contributed by atoms with van der Waals surface area (Å²) in [6, 6.07) is 13.0. The second kappa shape index (κ2) is 7.82. The summed E-state index contributed by atoms with van der Waals surface area (Å²) in [6.07, 6.45) is 10.2. The molecule has 1 saturated carbocycles. The molecule has 0 N–H and O–H groups in total. The van der Waals surface area contributed by atoms with E-state index in [1.807, 2.05) is 6.07 Å². The molecule has 27 heavy (non-hydrogen) atoms. The number of nitrogens with zero attached hydrogens (tertiary/aromatic N) is 2. The van der Waals surface area contributed by atoms with E-state index in [2.05, 4.69) is 30.3 Å². The lowest BCUT2D eigenvalue weighted by Gasteiger charge is -2.38. The molecule has 3 heteroatoms. The van der Waals surface area contributed by atoms with E-state index in [0.29, 0.717) is 6.61 Å². The van der Waals surface area contributed by atoms with Crippen molar-refractivity contribution in [3.63, 3.8) is 0 Å². The van der Waals surface area contributed by atoms with Crippen LogP contribution in [0.25, 0.3) is 11.1 Å². The first-order chi connectivity index (χ1) is 13.3. The molecule has 1 fully saturated rings. The summed E-state index contributed by atoms with van der Waals surface area (Å²) in [5.74, 6) is 0. The van der Waals surface area contributed by atoms with Gasteiger partial charge in [0, 0.05) is 23.8 Å². The smallest absolute Gasteiger partial charge is 0.102 e. The van der Waals surface area contributed by atoms with Gasteiger partial charge in [0.15, 0.2) is 0 Å². The number of aromatic nitrogens is 1. The molecule has 2 aromatic rings. The molecule has 0 atom stereocenters. The maximum atomic E-state index is 10.2. The number of nitriles is 1. The molecular formula is C24H28N2O. The molecule has 0 radical (unpaired) electrons. The highest BCUT2D eigenvalue weighted by Gasteiger charge is 2.39. The number of aryl methyl sites for hydroxylation is 1. The van der Waals surface area contributed by atoms with Crippen LogP contribution >= 0.6 is 0 Å². The Hall–Kier alpha value is -2.18. The third-order valence-electron chi connectivity index (χ3n) is 6.38. The number of ether oxygens (including phenoxy) is 1. The number of rotatable bonds is 4. The number of methoxy groups -OCH3 is 1. The topological polar surface area (TPSA) is 45.9 Å². The van der Waals surface area contributed by atoms with Crippen LogP contribution in [0.15, 0.2) is 30.3 Å². The highest BCUT2D eigenvalue weighted by molar-refractivity contribution is 5.76. The van der Waals surface area contributed by atoms with Crippen molar-refractivity contribution >= 4 is 0 Å². The summed E-state index contributed by atoms with van der Waals surface area (Å²) in [4.78, 5) is 5.18. The SMILES string of the molecule is COCC1(c2nc3c(c(-c4ccccc4)c2C#N)CCCC3)CCCCC1. The van der Waals surface area contributed by atoms with Crippen LogP contribution in [0, 0.1) is 11.3 Å². The minimum atomic E-state index is -0.117. The van der Waals surface area contributed by atoms with Gasteiger partial charge in [-0.1, -0.05) is 49.6 Å². The van der Waals surface area contributed by atoms with E-state index in [1.165, 1.54) is 43.4 Å². The number of benzene rings is 1. The Labute approximate surface area is 162 Å². The second-order valence-electron chi connectivity index (χ2n) is 8.09. The summed E-state index contributed by atoms with van der Waals surface area (Å²) < 4.78 is 5.68. The van der Waals surface area contributed by atoms with Gasteiger partial charge < -0.3 is 4.74 Å². The van der Waals surface area contributed by atoms with Gasteiger partial charge in [0.2, 0.25) is 0 Å². The number of hydrogen-bond donors (Lipinski definition) is 0. The molecule has 140 valence electrons. The maximum Gasteiger partial charge on any atom is 0.102 e. The van der Waals surface area contributed by atoms with Gasteiger partial charge in [0.25, 0.3) is 0 Å². The zero-order valence-electron chi connectivity index (χ0n) is 16.3. The molecule has 1 aromatic carbocycles. The van der Waals surface area contributed by atoms with Gasteiger partial charge in [-0.25, -0.2) is 0 Å². The largest absolute Gasteiger partial charge is 0.384 e. The summed E-state index contributed by atoms with van der Waals surface area (Å²) in [7, 11) is 1.78. The van der Waals surface area contributed by atoms with Crippen molar-refractivity contribution in [1.29, 1.82) is 5.26 Å². The molecule has 2 aliphatic carbocycles. The fourth-order valence-corrected chi connectivity index (χ4v) is 5.11. The first-order valence-electron chi connectivity index (χ1n) is 10.3. The maximum absolute atomic E-state index is 10.2. The van der Waals surface area contributed by atoms with Crippen LogP contribution in [0.3, 0.4) is 0 Å². The molecular weight excluding hydrogens is 332 g/mol. The molecule has 4 rings (SSSR count). The van der Waals surface area contributed by atoms with Crippen molar-refractivity contribution in [3.05, 3.63) is 52.8 Å². The van der Waals surface area contributed by atoms with E-state index in [-0.39, 0.29) is 5.41 Å². The standard InChI is InChI=1S/C24H28N2O/c1-27-17-24(14-8-3-9-15-24)23-20(16-25)22(18-10-4-2-5-11-18)19-12-6-7-13-21(19)26-23/h2,4-5,10-11H,3,6-9,12-15,17H2,1H3. The quantitative estimate of drug-likeness (QED) is 0.738. The molecule has 0 aliphatic heterocycles. The van der Waals surface area contributed by atoms with Crippen molar-refractivity contribution in [1.82, 2.24) is 4.98 Å². The third kappa shape index (κ3) is 3.28. The van der Waals surface area contributed by atoms with Crippen molar-refractivity contribution in [2.24, 2.45) is 0 Å². The van der Waals surface area contributed by atoms with Crippen LogP contribution < -0.4 is 0 Å². The summed E-state index contributed by atoms with van der Waals surface area (Å²) in [5, 5.41) is 10.2. The Kier molecular flexibility index (Phi) is 5.27. The average molecular weight is 361 g/mol. The van der Waals surface area contributed by atoms with E-state index >= 15 is 0 Å². The van der Waals surface area contributed by atoms with Crippen molar-refractivity contribution in [2.75, 3.05) is 13.7 Å². The summed E-state index contributed by atoms with van der Waals surface area (Å²) in [6.45, 7) is 0.654. The predicted octanol–water partition coefficient (Wildman–Crippen LogP) is 5.35. The Morgan fingerprint density at radius 3 is 2.48 bits per heavy atom. The second-order valence-corrected chi connectivity index (χ2v) is 8.09. The molecule has 0 spiro atoms. The molecule has 3 nitrogen and oxygen atoms in total. The van der Waals surface area contributed by atoms with Crippen molar-refractivity contribution in [3.8, 4) is 17.2 Å². The zero-order chi connectivity index (χ0) is 18.7. The number of fused-ring (bicyclic) bond motifs is 1. The summed E-state index contributed by atoms with van der Waals surface area (Å²) >= 11 is 0. The highest BCUT2D eigenvalue weighted by Crippen LogP contribution is 2.44. The molecule has 1 heterocycles. The minimum Gasteiger partial charge on any atom is -0.384 e. The van der Waals surface area contributed by atoms with Crippen LogP contribution in [-0.2, 0) is 23.0 Å². The first-order valence-corrected chi connectivity index (χ1v) is 10.3. The molecule has 2 aliphatic rings. The lowest BCUT2D eigenvalue weighted by atomic mass is 9.69. The Bertz CT molecular complexity index is 839. The molecule has 0 saturated heterocycles. The van der Waals surface area contributed by atoms with Gasteiger partial charge in [-0.2, -0.15) is 5.26 Å². The normalized spacial score (nSPS) is 18.5. The van der Waals surface area contributed by atoms with Gasteiger partial charge in [-0.3, -0.25) is 4.98 Å².